The first-order chi connectivity index (χ1) is 36.8. The number of fused-ring (bicyclic) bond motifs is 2. The SMILES string of the molecule is CC(C)[C@H](NC(=O)[C@@H](NC(=O)[C@H]1CCC(=O)N[C@@H](Cc2cnc[nH]2)C(=O)N[C@@H](Cc2ccc3ccccc3c2)C(=O)N[C@@H](CCCN=C(N)N)C(=O)N[C@H](Cc2c[nH]c3ccccc23)C(=O)N1)C(C)C)C(=O)NCC(N)=O. The van der Waals surface area contributed by atoms with Crippen LogP contribution >= 0.6 is 0 Å². The number of carbonyl (C=O) groups excluding carboxylic acids is 9. The summed E-state index contributed by atoms with van der Waals surface area (Å²) in [6.07, 6.45) is 3.54. The van der Waals surface area contributed by atoms with Crippen molar-refractivity contribution in [1.29, 1.82) is 0 Å². The molecule has 0 aliphatic carbocycles. The summed E-state index contributed by atoms with van der Waals surface area (Å²) in [5.41, 5.74) is 18.9. The number of aromatic amines is 2. The van der Waals surface area contributed by atoms with Gasteiger partial charge >= 0.3 is 0 Å². The molecule has 410 valence electrons. The lowest BCUT2D eigenvalue weighted by molar-refractivity contribution is -0.136. The van der Waals surface area contributed by atoms with Gasteiger partial charge in [-0.15, -0.1) is 0 Å². The Labute approximate surface area is 444 Å². The minimum Gasteiger partial charge on any atom is -0.370 e. The van der Waals surface area contributed by atoms with Crippen LogP contribution in [0.5, 0.6) is 0 Å². The van der Waals surface area contributed by atoms with Crippen LogP contribution in [-0.2, 0) is 62.4 Å². The monoisotopic (exact) mass is 1060 g/mol. The first-order valence-corrected chi connectivity index (χ1v) is 25.5. The fourth-order valence-corrected chi connectivity index (χ4v) is 8.89. The van der Waals surface area contributed by atoms with Crippen LogP contribution in [0, 0.1) is 11.8 Å². The van der Waals surface area contributed by atoms with Gasteiger partial charge in [-0.2, -0.15) is 0 Å². The summed E-state index contributed by atoms with van der Waals surface area (Å²) in [5, 5.41) is 24.2. The molecule has 7 atom stereocenters. The van der Waals surface area contributed by atoms with Gasteiger partial charge in [0.15, 0.2) is 5.96 Å². The highest BCUT2D eigenvalue weighted by molar-refractivity contribution is 5.99. The van der Waals surface area contributed by atoms with Gasteiger partial charge in [0, 0.05) is 61.2 Å². The average molecular weight is 1060 g/mol. The number of nitrogens with one attached hydrogen (secondary N) is 10. The molecular weight excluding hydrogens is 991 g/mol. The standard InChI is InChI=1S/C53H69N15O9/c1-28(2)44(51(76)60-26-42(54)69)68-52(77)45(29(3)4)67-47(72)38-17-18-43(70)62-41(23-34-25-57-27-61-34)50(75)65-39(21-30-15-16-31-10-5-6-11-32(31)20-30)48(73)63-37(14-9-19-58-53(55)56)46(71)66-40(49(74)64-38)22-33-24-59-36-13-8-7-12-35(33)36/h5-8,10-13,15-16,20,24-25,27-29,37-41,44-45,59H,9,14,17-19,21-23,26H2,1-4H3,(H2,54,69)(H,57,61)(H,60,76)(H,62,70)(H,63,73)(H,64,74)(H,65,75)(H,66,71)(H,67,72)(H,68,77)(H4,55,56,58)/t37-,38+,39-,40+,41-,44-,45-/m0/s1. The van der Waals surface area contributed by atoms with Gasteiger partial charge in [-0.3, -0.25) is 48.1 Å². The summed E-state index contributed by atoms with van der Waals surface area (Å²) in [6.45, 7) is 6.22. The molecule has 0 unspecified atom stereocenters. The second-order valence-corrected chi connectivity index (χ2v) is 19.7. The van der Waals surface area contributed by atoms with Crippen molar-refractivity contribution in [3.05, 3.63) is 102 Å². The molecule has 3 aromatic carbocycles. The van der Waals surface area contributed by atoms with Crippen molar-refractivity contribution in [1.82, 2.24) is 57.5 Å². The zero-order chi connectivity index (χ0) is 55.8. The molecule has 5 aromatic rings. The van der Waals surface area contributed by atoms with Gasteiger partial charge in [0.25, 0.3) is 0 Å². The topological polar surface area (TPSA) is 385 Å². The van der Waals surface area contributed by atoms with E-state index in [-0.39, 0.29) is 51.0 Å². The number of amides is 9. The fourth-order valence-electron chi connectivity index (χ4n) is 8.89. The third kappa shape index (κ3) is 16.6. The normalized spacial score (nSPS) is 19.7. The Morgan fingerprint density at radius 3 is 1.99 bits per heavy atom. The molecular formula is C53H69N15O9. The number of H-pyrrole nitrogens is 2. The zero-order valence-electron chi connectivity index (χ0n) is 43.4. The first-order valence-electron chi connectivity index (χ1n) is 25.5. The smallest absolute Gasteiger partial charge is 0.243 e. The quantitative estimate of drug-likeness (QED) is 0.0276. The summed E-state index contributed by atoms with van der Waals surface area (Å²) < 4.78 is 0. The van der Waals surface area contributed by atoms with Crippen molar-refractivity contribution in [2.75, 3.05) is 13.1 Å². The van der Waals surface area contributed by atoms with Crippen LogP contribution in [0.3, 0.4) is 0 Å². The number of carbonyl (C=O) groups is 9. The number of nitrogens with two attached hydrogens (primary N) is 3. The number of hydrogen-bond donors (Lipinski definition) is 13. The molecule has 24 heteroatoms. The second-order valence-electron chi connectivity index (χ2n) is 19.7. The van der Waals surface area contributed by atoms with Crippen molar-refractivity contribution < 1.29 is 43.2 Å². The molecule has 0 radical (unpaired) electrons. The molecule has 1 fully saturated rings. The molecule has 1 saturated heterocycles. The fraction of sp³-hybridized carbons (Fsp3) is 0.415. The Morgan fingerprint density at radius 2 is 1.31 bits per heavy atom. The number of hydrogen-bond acceptors (Lipinski definition) is 11. The lowest BCUT2D eigenvalue weighted by atomic mass is 9.98. The highest BCUT2D eigenvalue weighted by atomic mass is 16.2. The molecule has 16 N–H and O–H groups in total. The highest BCUT2D eigenvalue weighted by Gasteiger charge is 2.37. The Kier molecular flexibility index (Phi) is 20.2. The molecule has 0 bridgehead atoms. The van der Waals surface area contributed by atoms with Crippen molar-refractivity contribution in [2.45, 2.75) is 115 Å². The summed E-state index contributed by atoms with van der Waals surface area (Å²) in [6, 6.07) is 11.0. The van der Waals surface area contributed by atoms with Gasteiger partial charge < -0.3 is 69.7 Å². The molecule has 6 rings (SSSR count). The third-order valence-electron chi connectivity index (χ3n) is 13.1. The molecule has 1 aliphatic rings. The molecule has 0 spiro atoms. The Balaban J connectivity index is 1.39. The van der Waals surface area contributed by atoms with E-state index in [4.69, 9.17) is 17.2 Å². The predicted molar refractivity (Wildman–Crippen MR) is 286 cm³/mol. The minimum atomic E-state index is -1.55. The number of nitrogens with zero attached hydrogens (tertiary/aromatic N) is 2. The van der Waals surface area contributed by atoms with E-state index in [9.17, 15) is 43.2 Å². The van der Waals surface area contributed by atoms with Gasteiger partial charge in [-0.25, -0.2) is 4.98 Å². The number of benzene rings is 3. The van der Waals surface area contributed by atoms with Crippen LogP contribution < -0.4 is 59.7 Å². The van der Waals surface area contributed by atoms with E-state index in [0.29, 0.717) is 16.8 Å². The van der Waals surface area contributed by atoms with Crippen LogP contribution in [0.2, 0.25) is 0 Å². The molecule has 0 saturated carbocycles. The van der Waals surface area contributed by atoms with Gasteiger partial charge in [-0.05, 0) is 59.1 Å². The van der Waals surface area contributed by atoms with Gasteiger partial charge in [0.2, 0.25) is 53.2 Å². The largest absolute Gasteiger partial charge is 0.370 e. The Hall–Kier alpha value is -8.83. The maximum Gasteiger partial charge on any atom is 0.243 e. The van der Waals surface area contributed by atoms with Crippen LogP contribution in [0.1, 0.15) is 70.2 Å². The second kappa shape index (κ2) is 27.1. The van der Waals surface area contributed by atoms with E-state index in [2.05, 4.69) is 62.5 Å². The van der Waals surface area contributed by atoms with Crippen molar-refractivity contribution in [3.8, 4) is 0 Å². The van der Waals surface area contributed by atoms with Crippen molar-refractivity contribution in [2.24, 2.45) is 34.0 Å². The van der Waals surface area contributed by atoms with Crippen LogP contribution in [-0.4, -0.2) is 129 Å². The third-order valence-corrected chi connectivity index (χ3v) is 13.1. The lowest BCUT2D eigenvalue weighted by Gasteiger charge is -2.29. The molecule has 77 heavy (non-hydrogen) atoms. The summed E-state index contributed by atoms with van der Waals surface area (Å²) in [5.74, 6) is -8.32. The van der Waals surface area contributed by atoms with E-state index in [1.165, 1.54) is 12.5 Å². The first kappa shape index (κ1) is 57.4. The summed E-state index contributed by atoms with van der Waals surface area (Å²) in [4.78, 5) is 140. The van der Waals surface area contributed by atoms with Crippen LogP contribution in [0.4, 0.5) is 0 Å². The average Bonchev–Trinajstić information content (AvgIpc) is 4.07. The van der Waals surface area contributed by atoms with E-state index >= 15 is 0 Å². The van der Waals surface area contributed by atoms with E-state index in [1.54, 1.807) is 40.0 Å². The maximum atomic E-state index is 14.9. The number of para-hydroxylation sites is 1. The van der Waals surface area contributed by atoms with Gasteiger partial charge in [-0.1, -0.05) is 88.4 Å². The number of imidazole rings is 1. The maximum absolute atomic E-state index is 14.9. The number of primary amides is 1. The molecule has 3 heterocycles. The summed E-state index contributed by atoms with van der Waals surface area (Å²) >= 11 is 0. The van der Waals surface area contributed by atoms with E-state index in [0.717, 1.165) is 21.7 Å². The molecule has 1 aliphatic heterocycles. The van der Waals surface area contributed by atoms with Gasteiger partial charge in [0.1, 0.15) is 42.3 Å². The zero-order valence-corrected chi connectivity index (χ0v) is 43.4. The minimum absolute atomic E-state index is 0.0426. The number of guanidine groups is 1. The van der Waals surface area contributed by atoms with Crippen molar-refractivity contribution in [3.63, 3.8) is 0 Å². The Morgan fingerprint density at radius 1 is 0.688 bits per heavy atom. The Bertz CT molecular complexity index is 2950. The number of rotatable bonds is 19. The van der Waals surface area contributed by atoms with Crippen LogP contribution in [0.15, 0.2) is 90.4 Å². The van der Waals surface area contributed by atoms with E-state index < -0.39 is 120 Å². The number of aliphatic imine (C=N–C) groups is 1. The lowest BCUT2D eigenvalue weighted by Crippen LogP contribution is -2.61. The molecule has 9 amide bonds. The van der Waals surface area contributed by atoms with Gasteiger partial charge in [0.05, 0.1) is 12.9 Å². The number of aromatic nitrogens is 3. The molecule has 24 nitrogen and oxygen atoms in total. The predicted octanol–water partition coefficient (Wildman–Crippen LogP) is -0.773. The van der Waals surface area contributed by atoms with E-state index in [1.807, 2.05) is 60.7 Å². The molecule has 2 aromatic heterocycles. The summed E-state index contributed by atoms with van der Waals surface area (Å²) in [7, 11) is 0. The van der Waals surface area contributed by atoms with Crippen molar-refractivity contribution >= 4 is 80.8 Å². The van der Waals surface area contributed by atoms with Crippen LogP contribution in [0.25, 0.3) is 21.7 Å². The highest BCUT2D eigenvalue weighted by Crippen LogP contribution is 2.21.